The molecule has 0 radical (unpaired) electrons. The van der Waals surface area contributed by atoms with Crippen molar-refractivity contribution in [1.82, 2.24) is 15.6 Å². The molecule has 4 nitrogen and oxygen atoms in total. The average molecular weight is 213 g/mol. The zero-order chi connectivity index (χ0) is 10.4. The quantitative estimate of drug-likeness (QED) is 0.711. The summed E-state index contributed by atoms with van der Waals surface area (Å²) in [6.45, 7) is 6.27. The van der Waals surface area contributed by atoms with E-state index in [1.165, 1.54) is 11.3 Å². The van der Waals surface area contributed by atoms with E-state index in [0.29, 0.717) is 11.4 Å². The van der Waals surface area contributed by atoms with Gasteiger partial charge in [0.15, 0.2) is 0 Å². The van der Waals surface area contributed by atoms with Crippen LogP contribution < -0.4 is 10.6 Å². The minimum Gasteiger partial charge on any atom is -0.350 e. The molecule has 1 heterocycles. The molecule has 0 saturated heterocycles. The van der Waals surface area contributed by atoms with Gasteiger partial charge in [-0.1, -0.05) is 6.92 Å². The van der Waals surface area contributed by atoms with Crippen molar-refractivity contribution in [3.63, 3.8) is 0 Å². The molecule has 0 saturated carbocycles. The Morgan fingerprint density at radius 3 is 2.93 bits per heavy atom. The van der Waals surface area contributed by atoms with Crippen LogP contribution in [-0.2, 0) is 0 Å². The Hall–Kier alpha value is -0.940. The van der Waals surface area contributed by atoms with Gasteiger partial charge < -0.3 is 10.6 Å². The van der Waals surface area contributed by atoms with Crippen molar-refractivity contribution in [3.8, 4) is 0 Å². The number of amides is 1. The van der Waals surface area contributed by atoms with Gasteiger partial charge in [-0.05, 0) is 13.5 Å². The van der Waals surface area contributed by atoms with Gasteiger partial charge in [0, 0.05) is 13.1 Å². The lowest BCUT2D eigenvalue weighted by Gasteiger charge is -2.03. The van der Waals surface area contributed by atoms with Gasteiger partial charge in [-0.2, -0.15) is 0 Å². The first kappa shape index (κ1) is 11.1. The van der Waals surface area contributed by atoms with Crippen LogP contribution >= 0.6 is 11.3 Å². The number of hydrogen-bond donors (Lipinski definition) is 2. The summed E-state index contributed by atoms with van der Waals surface area (Å²) in [4.78, 5) is 16.3. The minimum absolute atomic E-state index is 0.0251. The summed E-state index contributed by atoms with van der Waals surface area (Å²) in [5.74, 6) is -0.0251. The molecule has 0 spiro atoms. The molecule has 5 heteroatoms. The molecule has 2 N–H and O–H groups in total. The third-order valence-corrected chi connectivity index (χ3v) is 2.72. The highest BCUT2D eigenvalue weighted by atomic mass is 32.1. The Labute approximate surface area is 87.7 Å². The SMILES string of the molecule is CCNCCNC(=O)c1scnc1C. The highest BCUT2D eigenvalue weighted by molar-refractivity contribution is 7.11. The molecule has 1 aromatic rings. The molecule has 0 aliphatic carbocycles. The molecule has 0 unspecified atom stereocenters. The summed E-state index contributed by atoms with van der Waals surface area (Å²) in [6, 6.07) is 0. The second-order valence-corrected chi connectivity index (χ2v) is 3.73. The van der Waals surface area contributed by atoms with E-state index < -0.39 is 0 Å². The van der Waals surface area contributed by atoms with Crippen LogP contribution in [0.3, 0.4) is 0 Å². The van der Waals surface area contributed by atoms with Crippen LogP contribution in [0.5, 0.6) is 0 Å². The van der Waals surface area contributed by atoms with E-state index in [9.17, 15) is 4.79 Å². The molecule has 0 atom stereocenters. The smallest absolute Gasteiger partial charge is 0.263 e. The standard InChI is InChI=1S/C9H15N3OS/c1-3-10-4-5-11-9(13)8-7(2)12-6-14-8/h6,10H,3-5H2,1-2H3,(H,11,13). The molecule has 1 rings (SSSR count). The fourth-order valence-electron chi connectivity index (χ4n) is 1.04. The number of aryl methyl sites for hydroxylation is 1. The van der Waals surface area contributed by atoms with Crippen LogP contribution in [-0.4, -0.2) is 30.5 Å². The third-order valence-electron chi connectivity index (χ3n) is 1.79. The number of aromatic nitrogens is 1. The summed E-state index contributed by atoms with van der Waals surface area (Å²) in [5, 5.41) is 5.97. The second kappa shape index (κ2) is 5.72. The number of carbonyl (C=O) groups is 1. The van der Waals surface area contributed by atoms with Crippen LogP contribution in [0.1, 0.15) is 22.3 Å². The predicted molar refractivity (Wildman–Crippen MR) is 57.7 cm³/mol. The topological polar surface area (TPSA) is 54.0 Å². The van der Waals surface area contributed by atoms with E-state index in [2.05, 4.69) is 15.6 Å². The Morgan fingerprint density at radius 2 is 2.36 bits per heavy atom. The normalized spacial score (nSPS) is 10.1. The number of carbonyl (C=O) groups excluding carboxylic acids is 1. The van der Waals surface area contributed by atoms with Gasteiger partial charge in [-0.25, -0.2) is 4.98 Å². The van der Waals surface area contributed by atoms with Gasteiger partial charge in [-0.15, -0.1) is 11.3 Å². The molecular weight excluding hydrogens is 198 g/mol. The van der Waals surface area contributed by atoms with Gasteiger partial charge in [0.1, 0.15) is 4.88 Å². The lowest BCUT2D eigenvalue weighted by Crippen LogP contribution is -2.31. The predicted octanol–water partition coefficient (Wildman–Crippen LogP) is 0.791. The molecule has 0 fully saturated rings. The van der Waals surface area contributed by atoms with Crippen molar-refractivity contribution < 1.29 is 4.79 Å². The zero-order valence-corrected chi connectivity index (χ0v) is 9.28. The van der Waals surface area contributed by atoms with Crippen LogP contribution in [0.4, 0.5) is 0 Å². The number of likely N-dealkylation sites (N-methyl/N-ethyl adjacent to an activating group) is 1. The van der Waals surface area contributed by atoms with Crippen LogP contribution in [0.25, 0.3) is 0 Å². The third kappa shape index (κ3) is 3.08. The maximum Gasteiger partial charge on any atom is 0.263 e. The molecule has 1 amide bonds. The molecule has 0 aliphatic rings. The molecule has 1 aromatic heterocycles. The summed E-state index contributed by atoms with van der Waals surface area (Å²) < 4.78 is 0. The summed E-state index contributed by atoms with van der Waals surface area (Å²) >= 11 is 1.38. The number of hydrogen-bond acceptors (Lipinski definition) is 4. The molecule has 0 aliphatic heterocycles. The van der Waals surface area contributed by atoms with E-state index >= 15 is 0 Å². The van der Waals surface area contributed by atoms with Gasteiger partial charge in [0.25, 0.3) is 5.91 Å². The fourth-order valence-corrected chi connectivity index (χ4v) is 1.76. The second-order valence-electron chi connectivity index (χ2n) is 2.88. The van der Waals surface area contributed by atoms with E-state index in [4.69, 9.17) is 0 Å². The Morgan fingerprint density at radius 1 is 1.57 bits per heavy atom. The van der Waals surface area contributed by atoms with Crippen molar-refractivity contribution >= 4 is 17.2 Å². The van der Waals surface area contributed by atoms with Crippen LogP contribution in [0.15, 0.2) is 5.51 Å². The number of rotatable bonds is 5. The lowest BCUT2D eigenvalue weighted by molar-refractivity contribution is 0.0957. The van der Waals surface area contributed by atoms with Crippen molar-refractivity contribution in [3.05, 3.63) is 16.1 Å². The first-order valence-corrected chi connectivity index (χ1v) is 5.52. The molecule has 0 bridgehead atoms. The Kier molecular flexibility index (Phi) is 4.55. The summed E-state index contributed by atoms with van der Waals surface area (Å²) in [7, 11) is 0. The molecule has 78 valence electrons. The Balaban J connectivity index is 2.32. The van der Waals surface area contributed by atoms with Crippen LogP contribution in [0.2, 0.25) is 0 Å². The van der Waals surface area contributed by atoms with E-state index in [0.717, 1.165) is 18.8 Å². The van der Waals surface area contributed by atoms with E-state index in [1.807, 2.05) is 13.8 Å². The van der Waals surface area contributed by atoms with Crippen molar-refractivity contribution in [1.29, 1.82) is 0 Å². The van der Waals surface area contributed by atoms with Gasteiger partial charge >= 0.3 is 0 Å². The zero-order valence-electron chi connectivity index (χ0n) is 8.46. The highest BCUT2D eigenvalue weighted by Crippen LogP contribution is 2.10. The van der Waals surface area contributed by atoms with Gasteiger partial charge in [0.05, 0.1) is 11.2 Å². The number of nitrogens with one attached hydrogen (secondary N) is 2. The minimum atomic E-state index is -0.0251. The van der Waals surface area contributed by atoms with Gasteiger partial charge in [-0.3, -0.25) is 4.79 Å². The summed E-state index contributed by atoms with van der Waals surface area (Å²) in [6.07, 6.45) is 0. The average Bonchev–Trinajstić information content (AvgIpc) is 2.59. The van der Waals surface area contributed by atoms with Crippen LogP contribution in [0, 0.1) is 6.92 Å². The van der Waals surface area contributed by atoms with Crippen molar-refractivity contribution in [2.75, 3.05) is 19.6 Å². The van der Waals surface area contributed by atoms with Crippen molar-refractivity contribution in [2.45, 2.75) is 13.8 Å². The first-order valence-electron chi connectivity index (χ1n) is 4.64. The molecular formula is C9H15N3OS. The number of nitrogens with zero attached hydrogens (tertiary/aromatic N) is 1. The molecule has 14 heavy (non-hydrogen) atoms. The number of thiazole rings is 1. The Bertz CT molecular complexity index is 298. The maximum atomic E-state index is 11.5. The highest BCUT2D eigenvalue weighted by Gasteiger charge is 2.09. The fraction of sp³-hybridized carbons (Fsp3) is 0.556. The van der Waals surface area contributed by atoms with E-state index in [-0.39, 0.29) is 5.91 Å². The molecule has 0 aromatic carbocycles. The van der Waals surface area contributed by atoms with E-state index in [1.54, 1.807) is 5.51 Å². The maximum absolute atomic E-state index is 11.5. The van der Waals surface area contributed by atoms with Crippen molar-refractivity contribution in [2.24, 2.45) is 0 Å². The van der Waals surface area contributed by atoms with Gasteiger partial charge in [0.2, 0.25) is 0 Å². The first-order chi connectivity index (χ1) is 6.75. The largest absolute Gasteiger partial charge is 0.350 e. The lowest BCUT2D eigenvalue weighted by atomic mass is 10.4. The monoisotopic (exact) mass is 213 g/mol. The summed E-state index contributed by atoms with van der Waals surface area (Å²) in [5.41, 5.74) is 2.49.